The summed E-state index contributed by atoms with van der Waals surface area (Å²) in [5, 5.41) is 0. The van der Waals surface area contributed by atoms with Crippen LogP contribution in [0.4, 0.5) is 0 Å². The van der Waals surface area contributed by atoms with E-state index >= 15 is 0 Å². The van der Waals surface area contributed by atoms with Crippen molar-refractivity contribution < 1.29 is 4.74 Å². The van der Waals surface area contributed by atoms with Gasteiger partial charge in [0.05, 0.1) is 0 Å². The molecule has 2 aromatic carbocycles. The number of para-hydroxylation sites is 1. The first kappa shape index (κ1) is 14.2. The average Bonchev–Trinajstić information content (AvgIpc) is 2.52. The Balaban J connectivity index is 1.81. The highest BCUT2D eigenvalue weighted by molar-refractivity contribution is 5.24. The van der Waals surface area contributed by atoms with Gasteiger partial charge in [-0.25, -0.2) is 0 Å². The van der Waals surface area contributed by atoms with Crippen molar-refractivity contribution in [2.45, 2.75) is 24.9 Å². The van der Waals surface area contributed by atoms with Gasteiger partial charge in [0, 0.05) is 32.4 Å². The van der Waals surface area contributed by atoms with E-state index in [1.165, 1.54) is 5.56 Å². The quantitative estimate of drug-likeness (QED) is 0.846. The lowest BCUT2D eigenvalue weighted by molar-refractivity contribution is 0.00814. The summed E-state index contributed by atoms with van der Waals surface area (Å²) in [6, 6.07) is 20.9. The zero-order chi connectivity index (χ0) is 14.5. The van der Waals surface area contributed by atoms with E-state index in [2.05, 4.69) is 54.4 Å². The highest BCUT2D eigenvalue weighted by Gasteiger charge is 2.36. The second-order valence-corrected chi connectivity index (χ2v) is 6.06. The maximum absolute atomic E-state index is 6.47. The fraction of sp³-hybridized carbons (Fsp3) is 0.368. The molecule has 2 heteroatoms. The first-order valence-electron chi connectivity index (χ1n) is 7.72. The molecule has 0 spiro atoms. The zero-order valence-electron chi connectivity index (χ0n) is 12.7. The molecule has 0 bridgehead atoms. The number of nitrogens with zero attached hydrogens (tertiary/aromatic N) is 1. The van der Waals surface area contributed by atoms with E-state index in [-0.39, 0.29) is 5.60 Å². The van der Waals surface area contributed by atoms with Gasteiger partial charge in [0.15, 0.2) is 0 Å². The molecule has 110 valence electrons. The molecular formula is C19H23NO. The highest BCUT2D eigenvalue weighted by atomic mass is 16.5. The molecule has 0 aliphatic carbocycles. The van der Waals surface area contributed by atoms with Gasteiger partial charge in [0.2, 0.25) is 0 Å². The van der Waals surface area contributed by atoms with Crippen LogP contribution in [0.5, 0.6) is 5.75 Å². The molecule has 1 aliphatic heterocycles. The summed E-state index contributed by atoms with van der Waals surface area (Å²) in [4.78, 5) is 2.39. The Morgan fingerprint density at radius 1 is 0.905 bits per heavy atom. The minimum atomic E-state index is -0.0742. The number of ether oxygens (including phenoxy) is 1. The Morgan fingerprint density at radius 2 is 1.48 bits per heavy atom. The highest BCUT2D eigenvalue weighted by Crippen LogP contribution is 2.31. The van der Waals surface area contributed by atoms with E-state index in [0.717, 1.165) is 38.1 Å². The molecule has 0 N–H and O–H groups in total. The van der Waals surface area contributed by atoms with Crippen LogP contribution in [-0.2, 0) is 6.42 Å². The van der Waals surface area contributed by atoms with Crippen molar-refractivity contribution in [3.63, 3.8) is 0 Å². The van der Waals surface area contributed by atoms with Gasteiger partial charge in [-0.05, 0) is 24.7 Å². The minimum absolute atomic E-state index is 0.0742. The Bertz CT molecular complexity index is 501. The Morgan fingerprint density at radius 3 is 2.10 bits per heavy atom. The standard InChI is InChI=1S/C19H23NO/c1-20-14-12-19(13-15-20,16-17-8-4-2-5-9-17)21-18-10-6-3-7-11-18/h2-11H,12-16H2,1H3. The fourth-order valence-electron chi connectivity index (χ4n) is 3.05. The molecule has 21 heavy (non-hydrogen) atoms. The molecular weight excluding hydrogens is 258 g/mol. The van der Waals surface area contributed by atoms with E-state index in [4.69, 9.17) is 4.74 Å². The third-order valence-corrected chi connectivity index (χ3v) is 4.34. The van der Waals surface area contributed by atoms with Crippen molar-refractivity contribution in [1.82, 2.24) is 4.90 Å². The van der Waals surface area contributed by atoms with Crippen LogP contribution in [0, 0.1) is 0 Å². The van der Waals surface area contributed by atoms with E-state index in [0.29, 0.717) is 0 Å². The number of piperidine rings is 1. The molecule has 0 radical (unpaired) electrons. The summed E-state index contributed by atoms with van der Waals surface area (Å²) in [5.41, 5.74) is 1.29. The van der Waals surface area contributed by atoms with Crippen molar-refractivity contribution in [1.29, 1.82) is 0 Å². The van der Waals surface area contributed by atoms with Crippen LogP contribution in [0.15, 0.2) is 60.7 Å². The van der Waals surface area contributed by atoms with E-state index in [1.807, 2.05) is 18.2 Å². The molecule has 2 nitrogen and oxygen atoms in total. The number of rotatable bonds is 4. The largest absolute Gasteiger partial charge is 0.487 e. The second kappa shape index (κ2) is 6.31. The maximum atomic E-state index is 6.47. The first-order chi connectivity index (χ1) is 10.3. The van der Waals surface area contributed by atoms with Gasteiger partial charge >= 0.3 is 0 Å². The summed E-state index contributed by atoms with van der Waals surface area (Å²) in [6.07, 6.45) is 3.14. The predicted octanol–water partition coefficient (Wildman–Crippen LogP) is 3.77. The van der Waals surface area contributed by atoms with E-state index in [9.17, 15) is 0 Å². The normalized spacial score (nSPS) is 18.3. The Hall–Kier alpha value is -1.80. The summed E-state index contributed by atoms with van der Waals surface area (Å²) < 4.78 is 6.47. The first-order valence-corrected chi connectivity index (χ1v) is 7.72. The van der Waals surface area contributed by atoms with Crippen LogP contribution in [0.2, 0.25) is 0 Å². The van der Waals surface area contributed by atoms with Crippen LogP contribution < -0.4 is 4.74 Å². The van der Waals surface area contributed by atoms with Crippen LogP contribution in [-0.4, -0.2) is 30.6 Å². The van der Waals surface area contributed by atoms with Crippen LogP contribution >= 0.6 is 0 Å². The summed E-state index contributed by atoms with van der Waals surface area (Å²) in [5.74, 6) is 0.984. The van der Waals surface area contributed by atoms with Gasteiger partial charge in [-0.2, -0.15) is 0 Å². The number of hydrogen-bond acceptors (Lipinski definition) is 2. The molecule has 0 amide bonds. The van der Waals surface area contributed by atoms with E-state index in [1.54, 1.807) is 0 Å². The Kier molecular flexibility index (Phi) is 4.26. The van der Waals surface area contributed by atoms with Crippen LogP contribution in [0.3, 0.4) is 0 Å². The van der Waals surface area contributed by atoms with Gasteiger partial charge in [0.25, 0.3) is 0 Å². The van der Waals surface area contributed by atoms with E-state index < -0.39 is 0 Å². The Labute approximate surface area is 127 Å². The number of hydrogen-bond donors (Lipinski definition) is 0. The fourth-order valence-corrected chi connectivity index (χ4v) is 3.05. The zero-order valence-corrected chi connectivity index (χ0v) is 12.7. The van der Waals surface area contributed by atoms with Crippen molar-refractivity contribution in [3.05, 3.63) is 66.2 Å². The monoisotopic (exact) mass is 281 g/mol. The average molecular weight is 281 g/mol. The van der Waals surface area contributed by atoms with Crippen LogP contribution in [0.1, 0.15) is 18.4 Å². The molecule has 2 aromatic rings. The minimum Gasteiger partial charge on any atom is -0.487 e. The molecule has 0 unspecified atom stereocenters. The van der Waals surface area contributed by atoms with Gasteiger partial charge in [-0.1, -0.05) is 48.5 Å². The van der Waals surface area contributed by atoms with Gasteiger partial charge in [-0.3, -0.25) is 0 Å². The summed E-state index contributed by atoms with van der Waals surface area (Å²) in [6.45, 7) is 2.19. The third-order valence-electron chi connectivity index (χ3n) is 4.34. The maximum Gasteiger partial charge on any atom is 0.120 e. The molecule has 1 fully saturated rings. The number of benzene rings is 2. The molecule has 0 aromatic heterocycles. The van der Waals surface area contributed by atoms with Crippen molar-refractivity contribution in [3.8, 4) is 5.75 Å². The van der Waals surface area contributed by atoms with Crippen LogP contribution in [0.25, 0.3) is 0 Å². The number of likely N-dealkylation sites (tertiary alicyclic amines) is 1. The topological polar surface area (TPSA) is 12.5 Å². The molecule has 1 saturated heterocycles. The SMILES string of the molecule is CN1CCC(Cc2ccccc2)(Oc2ccccc2)CC1. The van der Waals surface area contributed by atoms with Crippen molar-refractivity contribution >= 4 is 0 Å². The second-order valence-electron chi connectivity index (χ2n) is 6.06. The van der Waals surface area contributed by atoms with Crippen molar-refractivity contribution in [2.24, 2.45) is 0 Å². The molecule has 1 heterocycles. The van der Waals surface area contributed by atoms with Gasteiger partial charge in [-0.15, -0.1) is 0 Å². The summed E-state index contributed by atoms with van der Waals surface area (Å²) in [7, 11) is 2.19. The van der Waals surface area contributed by atoms with Crippen molar-refractivity contribution in [2.75, 3.05) is 20.1 Å². The summed E-state index contributed by atoms with van der Waals surface area (Å²) >= 11 is 0. The molecule has 3 rings (SSSR count). The molecule has 0 saturated carbocycles. The predicted molar refractivity (Wildman–Crippen MR) is 86.7 cm³/mol. The molecule has 0 atom stereocenters. The lowest BCUT2D eigenvalue weighted by atomic mass is 9.85. The third kappa shape index (κ3) is 3.64. The van der Waals surface area contributed by atoms with Gasteiger partial charge in [0.1, 0.15) is 11.4 Å². The lowest BCUT2D eigenvalue weighted by Gasteiger charge is -2.41. The molecule has 1 aliphatic rings. The smallest absolute Gasteiger partial charge is 0.120 e. The lowest BCUT2D eigenvalue weighted by Crippen LogP contribution is -2.48. The van der Waals surface area contributed by atoms with Gasteiger partial charge < -0.3 is 9.64 Å².